The van der Waals surface area contributed by atoms with Crippen LogP contribution in [0.5, 0.6) is 0 Å². The molecule has 0 unspecified atom stereocenters. The number of alkyl halides is 3. The zero-order chi connectivity index (χ0) is 23.8. The maximum Gasteiger partial charge on any atom is 0.419 e. The third kappa shape index (κ3) is 4.68. The van der Waals surface area contributed by atoms with E-state index in [-0.39, 0.29) is 29.2 Å². The van der Waals surface area contributed by atoms with E-state index in [1.54, 1.807) is 24.3 Å². The molecular weight excluding hydrogens is 445 g/mol. The second-order valence-corrected chi connectivity index (χ2v) is 9.05. The molecule has 0 aliphatic carbocycles. The van der Waals surface area contributed by atoms with Gasteiger partial charge in [0.15, 0.2) is 0 Å². The van der Waals surface area contributed by atoms with Crippen LogP contribution >= 0.6 is 0 Å². The molecule has 1 amide bonds. The Labute approximate surface area is 182 Å². The van der Waals surface area contributed by atoms with Crippen LogP contribution < -0.4 is 10.9 Å². The second kappa shape index (κ2) is 8.40. The van der Waals surface area contributed by atoms with Gasteiger partial charge in [-0.2, -0.15) is 18.3 Å². The van der Waals surface area contributed by atoms with E-state index in [0.717, 1.165) is 10.2 Å². The Morgan fingerprint density at radius 3 is 2.34 bits per heavy atom. The van der Waals surface area contributed by atoms with E-state index in [0.29, 0.717) is 18.0 Å². The number of rotatable bonds is 6. The largest absolute Gasteiger partial charge is 0.419 e. The first-order valence-electron chi connectivity index (χ1n) is 9.49. The van der Waals surface area contributed by atoms with Crippen molar-refractivity contribution in [1.29, 1.82) is 0 Å². The van der Waals surface area contributed by atoms with Crippen LogP contribution in [0.2, 0.25) is 0 Å². The van der Waals surface area contributed by atoms with Gasteiger partial charge in [-0.25, -0.2) is 18.2 Å². The van der Waals surface area contributed by atoms with Gasteiger partial charge < -0.3 is 5.73 Å². The summed E-state index contributed by atoms with van der Waals surface area (Å²) in [7, 11) is -4.48. The summed E-state index contributed by atoms with van der Waals surface area (Å²) < 4.78 is 65.6. The van der Waals surface area contributed by atoms with Crippen LogP contribution in [0.3, 0.4) is 0 Å². The van der Waals surface area contributed by atoms with Crippen LogP contribution in [0.4, 0.5) is 13.2 Å². The number of sulfonamides is 1. The van der Waals surface area contributed by atoms with Crippen LogP contribution in [0.1, 0.15) is 36.5 Å². The lowest BCUT2D eigenvalue weighted by Crippen LogP contribution is -2.20. The average molecular weight is 466 g/mol. The lowest BCUT2D eigenvalue weighted by atomic mass is 9.89. The van der Waals surface area contributed by atoms with Crippen LogP contribution in [0.15, 0.2) is 53.7 Å². The maximum absolute atomic E-state index is 13.1. The number of hydrogen-bond acceptors (Lipinski definition) is 4. The van der Waals surface area contributed by atoms with Gasteiger partial charge in [0, 0.05) is 11.8 Å². The highest BCUT2D eigenvalue weighted by Gasteiger charge is 2.33. The molecule has 170 valence electrons. The monoisotopic (exact) mass is 466 g/mol. The number of amides is 1. The van der Waals surface area contributed by atoms with Gasteiger partial charge in [-0.3, -0.25) is 4.79 Å². The zero-order valence-corrected chi connectivity index (χ0v) is 18.0. The fraction of sp³-hybridized carbons (Fsp3) is 0.238. The lowest BCUT2D eigenvalue weighted by Gasteiger charge is -2.21. The van der Waals surface area contributed by atoms with Crippen molar-refractivity contribution in [2.75, 3.05) is 0 Å². The molecule has 0 aliphatic rings. The Morgan fingerprint density at radius 2 is 1.81 bits per heavy atom. The molecule has 0 saturated carbocycles. The molecule has 7 nitrogen and oxygen atoms in total. The molecule has 2 aromatic carbocycles. The summed E-state index contributed by atoms with van der Waals surface area (Å²) >= 11 is 0. The fourth-order valence-electron chi connectivity index (χ4n) is 3.54. The third-order valence-electron chi connectivity index (χ3n) is 4.88. The standard InChI is InChI=1S/C21H21F3N4O3S/c1-12(2)15-5-3-4-6-16(15)19-13(9-18(25)29)7-8-17(20(19)32(26,30)31)28-11-14(10-27-28)21(22,23)24/h3-8,10-12H,9H2,1-2H3,(H2,25,29)(H2,26,30,31). The molecule has 0 spiro atoms. The number of primary amides is 1. The Hall–Kier alpha value is -3.18. The topological polar surface area (TPSA) is 121 Å². The SMILES string of the molecule is CC(C)c1ccccc1-c1c(CC(N)=O)ccc(-n2cc(C(F)(F)F)cn2)c1S(N)(=O)=O. The van der Waals surface area contributed by atoms with Gasteiger partial charge in [0.1, 0.15) is 4.90 Å². The normalized spacial score (nSPS) is 12.3. The molecule has 0 aliphatic heterocycles. The molecule has 0 fully saturated rings. The van der Waals surface area contributed by atoms with Crippen molar-refractivity contribution in [3.05, 3.63) is 65.5 Å². The number of carbonyl (C=O) groups excluding carboxylic acids is 1. The van der Waals surface area contributed by atoms with Crippen molar-refractivity contribution in [3.8, 4) is 16.8 Å². The first-order chi connectivity index (χ1) is 14.8. The van der Waals surface area contributed by atoms with Gasteiger partial charge in [0.25, 0.3) is 0 Å². The van der Waals surface area contributed by atoms with Gasteiger partial charge in [-0.15, -0.1) is 0 Å². The number of halogens is 3. The summed E-state index contributed by atoms with van der Waals surface area (Å²) in [6, 6.07) is 9.62. The summed E-state index contributed by atoms with van der Waals surface area (Å²) in [5, 5.41) is 9.24. The molecule has 0 radical (unpaired) electrons. The quantitative estimate of drug-likeness (QED) is 0.579. The Bertz CT molecular complexity index is 1280. The molecule has 1 heterocycles. The van der Waals surface area contributed by atoms with E-state index in [2.05, 4.69) is 5.10 Å². The minimum atomic E-state index is -4.67. The predicted octanol–water partition coefficient (Wildman–Crippen LogP) is 3.36. The van der Waals surface area contributed by atoms with Gasteiger partial charge in [-0.1, -0.05) is 44.2 Å². The van der Waals surface area contributed by atoms with Crippen molar-refractivity contribution >= 4 is 15.9 Å². The molecule has 0 bridgehead atoms. The van der Waals surface area contributed by atoms with Crippen molar-refractivity contribution in [1.82, 2.24) is 9.78 Å². The van der Waals surface area contributed by atoms with Crippen LogP contribution in [0.25, 0.3) is 16.8 Å². The average Bonchev–Trinajstić information content (AvgIpc) is 3.17. The molecule has 4 N–H and O–H groups in total. The molecule has 3 aromatic rings. The van der Waals surface area contributed by atoms with E-state index >= 15 is 0 Å². The van der Waals surface area contributed by atoms with Crippen molar-refractivity contribution < 1.29 is 26.4 Å². The van der Waals surface area contributed by atoms with Gasteiger partial charge in [0.05, 0.1) is 23.9 Å². The number of primary sulfonamides is 1. The van der Waals surface area contributed by atoms with Crippen molar-refractivity contribution in [3.63, 3.8) is 0 Å². The van der Waals surface area contributed by atoms with Crippen molar-refractivity contribution in [2.45, 2.75) is 37.3 Å². The number of nitrogens with zero attached hydrogens (tertiary/aromatic N) is 2. The summed E-state index contributed by atoms with van der Waals surface area (Å²) in [6.07, 6.45) is -3.70. The predicted molar refractivity (Wildman–Crippen MR) is 112 cm³/mol. The molecular formula is C21H21F3N4O3S. The van der Waals surface area contributed by atoms with E-state index in [9.17, 15) is 26.4 Å². The summed E-state index contributed by atoms with van der Waals surface area (Å²) in [6.45, 7) is 3.80. The molecule has 32 heavy (non-hydrogen) atoms. The minimum Gasteiger partial charge on any atom is -0.369 e. The molecule has 0 atom stereocenters. The van der Waals surface area contributed by atoms with Crippen LogP contribution in [0, 0.1) is 0 Å². The molecule has 1 aromatic heterocycles. The maximum atomic E-state index is 13.1. The number of hydrogen-bond donors (Lipinski definition) is 2. The first kappa shape index (κ1) is 23.5. The van der Waals surface area contributed by atoms with Crippen molar-refractivity contribution in [2.24, 2.45) is 10.9 Å². The zero-order valence-electron chi connectivity index (χ0n) is 17.2. The van der Waals surface area contributed by atoms with E-state index in [4.69, 9.17) is 10.9 Å². The Kier molecular flexibility index (Phi) is 6.16. The third-order valence-corrected chi connectivity index (χ3v) is 5.86. The molecule has 11 heteroatoms. The minimum absolute atomic E-state index is 0.0360. The highest BCUT2D eigenvalue weighted by atomic mass is 32.2. The highest BCUT2D eigenvalue weighted by molar-refractivity contribution is 7.89. The number of aromatic nitrogens is 2. The van der Waals surface area contributed by atoms with E-state index in [1.807, 2.05) is 13.8 Å². The fourth-order valence-corrected chi connectivity index (χ4v) is 4.52. The molecule has 3 rings (SSSR count). The van der Waals surface area contributed by atoms with Crippen LogP contribution in [-0.2, 0) is 27.4 Å². The van der Waals surface area contributed by atoms with Gasteiger partial charge in [-0.05, 0) is 28.7 Å². The molecule has 0 saturated heterocycles. The van der Waals surface area contributed by atoms with Crippen LogP contribution in [-0.4, -0.2) is 24.1 Å². The van der Waals surface area contributed by atoms with E-state index in [1.165, 1.54) is 12.1 Å². The van der Waals surface area contributed by atoms with Gasteiger partial charge in [0.2, 0.25) is 15.9 Å². The Morgan fingerprint density at radius 1 is 1.16 bits per heavy atom. The second-order valence-electron chi connectivity index (χ2n) is 7.55. The summed E-state index contributed by atoms with van der Waals surface area (Å²) in [5.74, 6) is -0.744. The van der Waals surface area contributed by atoms with Gasteiger partial charge >= 0.3 is 6.18 Å². The number of benzene rings is 2. The number of carbonyl (C=O) groups is 1. The highest BCUT2D eigenvalue weighted by Crippen LogP contribution is 2.39. The number of nitrogens with two attached hydrogens (primary N) is 2. The van der Waals surface area contributed by atoms with E-state index < -0.39 is 32.6 Å². The summed E-state index contributed by atoms with van der Waals surface area (Å²) in [4.78, 5) is 11.3. The lowest BCUT2D eigenvalue weighted by molar-refractivity contribution is -0.137. The first-order valence-corrected chi connectivity index (χ1v) is 11.0. The smallest absolute Gasteiger partial charge is 0.369 e. The summed E-state index contributed by atoms with van der Waals surface area (Å²) in [5.41, 5.74) is 5.77. The Balaban J connectivity index is 2.44.